The van der Waals surface area contributed by atoms with E-state index in [2.05, 4.69) is 0 Å². The molecular weight excluding hydrogens is 217 g/mol. The number of rotatable bonds is 0. The molecule has 0 amide bonds. The minimum atomic E-state index is -4.33. The largest absolute Gasteiger partial charge is 0.413 e. The van der Waals surface area contributed by atoms with Crippen molar-refractivity contribution in [2.24, 2.45) is 17.8 Å². The topological polar surface area (TPSA) is 17.1 Å². The zero-order valence-electron chi connectivity index (χ0n) is 9.18. The van der Waals surface area contributed by atoms with Crippen LogP contribution in [0.15, 0.2) is 11.6 Å². The van der Waals surface area contributed by atoms with Crippen molar-refractivity contribution in [2.45, 2.75) is 38.8 Å². The molecule has 0 aliphatic heterocycles. The van der Waals surface area contributed by atoms with Gasteiger partial charge in [0.15, 0.2) is 5.78 Å². The van der Waals surface area contributed by atoms with E-state index in [0.717, 1.165) is 18.9 Å². The van der Waals surface area contributed by atoms with Gasteiger partial charge in [-0.2, -0.15) is 13.2 Å². The average molecular weight is 232 g/mol. The van der Waals surface area contributed by atoms with Crippen LogP contribution in [-0.4, -0.2) is 12.0 Å². The molecule has 3 atom stereocenters. The van der Waals surface area contributed by atoms with Crippen molar-refractivity contribution in [3.05, 3.63) is 11.6 Å². The van der Waals surface area contributed by atoms with E-state index >= 15 is 0 Å². The molecule has 0 aromatic rings. The fraction of sp³-hybridized carbons (Fsp3) is 0.750. The van der Waals surface area contributed by atoms with Gasteiger partial charge in [0.25, 0.3) is 0 Å². The van der Waals surface area contributed by atoms with Crippen LogP contribution in [0.2, 0.25) is 0 Å². The second-order valence-corrected chi connectivity index (χ2v) is 5.05. The van der Waals surface area contributed by atoms with Crippen LogP contribution in [0.25, 0.3) is 0 Å². The summed E-state index contributed by atoms with van der Waals surface area (Å²) in [5.74, 6) is -0.434. The minimum Gasteiger partial charge on any atom is -0.295 e. The molecule has 0 spiro atoms. The first-order valence-corrected chi connectivity index (χ1v) is 5.69. The highest BCUT2D eigenvalue weighted by Gasteiger charge is 2.46. The van der Waals surface area contributed by atoms with Crippen LogP contribution in [0.1, 0.15) is 32.6 Å². The van der Waals surface area contributed by atoms with E-state index in [-0.39, 0.29) is 11.7 Å². The van der Waals surface area contributed by atoms with Crippen LogP contribution < -0.4 is 0 Å². The molecule has 0 heterocycles. The fourth-order valence-electron chi connectivity index (χ4n) is 3.02. The first kappa shape index (κ1) is 11.7. The van der Waals surface area contributed by atoms with Crippen LogP contribution >= 0.6 is 0 Å². The third kappa shape index (κ3) is 2.15. The first-order valence-electron chi connectivity index (χ1n) is 5.69. The van der Waals surface area contributed by atoms with Crippen molar-refractivity contribution in [3.8, 4) is 0 Å². The summed E-state index contributed by atoms with van der Waals surface area (Å²) in [6.45, 7) is 2.05. The summed E-state index contributed by atoms with van der Waals surface area (Å²) in [5, 5.41) is 0. The molecule has 4 heteroatoms. The molecule has 1 nitrogen and oxygen atoms in total. The van der Waals surface area contributed by atoms with Crippen molar-refractivity contribution in [1.29, 1.82) is 0 Å². The Bertz CT molecular complexity index is 330. The summed E-state index contributed by atoms with van der Waals surface area (Å²) in [5.41, 5.74) is -0.583. The van der Waals surface area contributed by atoms with Crippen molar-refractivity contribution < 1.29 is 18.0 Å². The third-order valence-electron chi connectivity index (χ3n) is 3.75. The lowest BCUT2D eigenvalue weighted by molar-refractivity contribution is -0.124. The number of fused-ring (bicyclic) bond motifs is 1. The highest BCUT2D eigenvalue weighted by molar-refractivity contribution is 5.91. The van der Waals surface area contributed by atoms with Crippen molar-refractivity contribution in [1.82, 2.24) is 0 Å². The Kier molecular flexibility index (Phi) is 2.84. The molecule has 90 valence electrons. The summed E-state index contributed by atoms with van der Waals surface area (Å²) in [6, 6.07) is 0. The molecule has 2 aliphatic carbocycles. The molecule has 0 bridgehead atoms. The van der Waals surface area contributed by atoms with Gasteiger partial charge in [-0.3, -0.25) is 4.79 Å². The molecule has 1 saturated carbocycles. The van der Waals surface area contributed by atoms with Gasteiger partial charge in [-0.15, -0.1) is 0 Å². The SMILES string of the molecule is CC1CCC2C(C(F)(F)F)=CC(=O)CC2C1. The Labute approximate surface area is 92.7 Å². The maximum atomic E-state index is 12.8. The van der Waals surface area contributed by atoms with Crippen molar-refractivity contribution in [2.75, 3.05) is 0 Å². The van der Waals surface area contributed by atoms with Crippen molar-refractivity contribution >= 4 is 5.78 Å². The maximum Gasteiger partial charge on any atom is 0.413 e. The van der Waals surface area contributed by atoms with Gasteiger partial charge < -0.3 is 0 Å². The summed E-state index contributed by atoms with van der Waals surface area (Å²) >= 11 is 0. The molecule has 0 radical (unpaired) electrons. The summed E-state index contributed by atoms with van der Waals surface area (Å²) < 4.78 is 38.3. The number of halogens is 3. The molecule has 3 unspecified atom stereocenters. The molecule has 2 aliphatic rings. The van der Waals surface area contributed by atoms with Gasteiger partial charge in [-0.05, 0) is 36.7 Å². The monoisotopic (exact) mass is 232 g/mol. The number of alkyl halides is 3. The fourth-order valence-corrected chi connectivity index (χ4v) is 3.02. The van der Waals surface area contributed by atoms with Gasteiger partial charge in [-0.1, -0.05) is 13.3 Å². The Morgan fingerprint density at radius 3 is 2.62 bits per heavy atom. The highest BCUT2D eigenvalue weighted by Crippen LogP contribution is 2.47. The molecule has 0 N–H and O–H groups in total. The van der Waals surface area contributed by atoms with Crippen molar-refractivity contribution in [3.63, 3.8) is 0 Å². The Hall–Kier alpha value is -0.800. The van der Waals surface area contributed by atoms with Crippen LogP contribution in [0.3, 0.4) is 0 Å². The van der Waals surface area contributed by atoms with Gasteiger partial charge in [0, 0.05) is 12.0 Å². The normalized spacial score (nSPS) is 35.6. The first-order chi connectivity index (χ1) is 7.38. The zero-order chi connectivity index (χ0) is 11.9. The van der Waals surface area contributed by atoms with E-state index in [1.165, 1.54) is 0 Å². The van der Waals surface area contributed by atoms with Gasteiger partial charge in [0.2, 0.25) is 0 Å². The predicted octanol–water partition coefficient (Wildman–Crippen LogP) is 3.50. The highest BCUT2D eigenvalue weighted by atomic mass is 19.4. The Morgan fingerprint density at radius 1 is 1.31 bits per heavy atom. The number of hydrogen-bond acceptors (Lipinski definition) is 1. The van der Waals surface area contributed by atoms with E-state index in [9.17, 15) is 18.0 Å². The van der Waals surface area contributed by atoms with Crippen LogP contribution in [0.4, 0.5) is 13.2 Å². The minimum absolute atomic E-state index is 0.0853. The van der Waals surface area contributed by atoms with E-state index in [1.807, 2.05) is 6.92 Å². The lowest BCUT2D eigenvalue weighted by Crippen LogP contribution is -2.35. The predicted molar refractivity (Wildman–Crippen MR) is 53.8 cm³/mol. The second-order valence-electron chi connectivity index (χ2n) is 5.05. The van der Waals surface area contributed by atoms with Crippen LogP contribution in [0.5, 0.6) is 0 Å². The van der Waals surface area contributed by atoms with E-state index < -0.39 is 17.7 Å². The van der Waals surface area contributed by atoms with Gasteiger partial charge in [0.05, 0.1) is 0 Å². The molecule has 0 saturated heterocycles. The number of carbonyl (C=O) groups excluding carboxylic acids is 1. The molecule has 2 rings (SSSR count). The van der Waals surface area contributed by atoms with Crippen LogP contribution in [0, 0.1) is 17.8 Å². The number of hydrogen-bond donors (Lipinski definition) is 0. The summed E-state index contributed by atoms with van der Waals surface area (Å²) in [4.78, 5) is 11.3. The average Bonchev–Trinajstić information content (AvgIpc) is 2.14. The quantitative estimate of drug-likeness (QED) is 0.624. The molecule has 1 fully saturated rings. The summed E-state index contributed by atoms with van der Waals surface area (Å²) in [6.07, 6.45) is -1.04. The lowest BCUT2D eigenvalue weighted by Gasteiger charge is -2.38. The lowest BCUT2D eigenvalue weighted by atomic mass is 9.67. The van der Waals surface area contributed by atoms with Crippen LogP contribution in [-0.2, 0) is 4.79 Å². The standard InChI is InChI=1S/C12H15F3O/c1-7-2-3-10-8(4-7)5-9(16)6-11(10)12(13,14)15/h6-8,10H,2-5H2,1H3. The summed E-state index contributed by atoms with van der Waals surface area (Å²) in [7, 11) is 0. The molecule has 16 heavy (non-hydrogen) atoms. The second kappa shape index (κ2) is 3.90. The Balaban J connectivity index is 2.27. The maximum absolute atomic E-state index is 12.8. The number of ketones is 1. The van der Waals surface area contributed by atoms with E-state index in [1.54, 1.807) is 0 Å². The number of carbonyl (C=O) groups is 1. The van der Waals surface area contributed by atoms with Gasteiger partial charge >= 0.3 is 6.18 Å². The van der Waals surface area contributed by atoms with Gasteiger partial charge in [0.1, 0.15) is 0 Å². The van der Waals surface area contributed by atoms with Gasteiger partial charge in [-0.25, -0.2) is 0 Å². The molecule has 0 aromatic heterocycles. The molecule has 0 aromatic carbocycles. The van der Waals surface area contributed by atoms with E-state index in [4.69, 9.17) is 0 Å². The number of allylic oxidation sites excluding steroid dienone is 2. The smallest absolute Gasteiger partial charge is 0.295 e. The third-order valence-corrected chi connectivity index (χ3v) is 3.75. The molecular formula is C12H15F3O. The zero-order valence-corrected chi connectivity index (χ0v) is 9.18. The van der Waals surface area contributed by atoms with E-state index in [0.29, 0.717) is 18.8 Å². The Morgan fingerprint density at radius 2 is 2.00 bits per heavy atom.